The lowest BCUT2D eigenvalue weighted by Gasteiger charge is -2.20. The van der Waals surface area contributed by atoms with Gasteiger partial charge in [0.15, 0.2) is 0 Å². The van der Waals surface area contributed by atoms with E-state index in [-0.39, 0.29) is 50.2 Å². The van der Waals surface area contributed by atoms with Crippen LogP contribution < -0.4 is 9.47 Å². The molecule has 0 unspecified atom stereocenters. The quantitative estimate of drug-likeness (QED) is 0.101. The topological polar surface area (TPSA) is 97.4 Å². The first-order valence-electron chi connectivity index (χ1n) is 14.8. The van der Waals surface area contributed by atoms with Crippen molar-refractivity contribution >= 4 is 17.9 Å². The summed E-state index contributed by atoms with van der Waals surface area (Å²) >= 11 is 0. The van der Waals surface area contributed by atoms with Crippen LogP contribution in [0.3, 0.4) is 0 Å². The van der Waals surface area contributed by atoms with Gasteiger partial charge in [-0.15, -0.1) is 0 Å². The predicted octanol–water partition coefficient (Wildman–Crippen LogP) is 7.24. The van der Waals surface area contributed by atoms with Crippen LogP contribution in [0, 0.1) is 5.82 Å². The van der Waals surface area contributed by atoms with Gasteiger partial charge in [-0.3, -0.25) is 9.59 Å². The number of benzene rings is 3. The normalized spacial score (nSPS) is 11.0. The van der Waals surface area contributed by atoms with Gasteiger partial charge >= 0.3 is 17.9 Å². The standard InChI is InChI=1S/C35H41FO8/c1-6-40-32(37)15-10-18-42-31-14-9-12-25(30(31)16-17-33(38)41-7-2)23-43-29-21-26(24-11-8-13-28(36)20-24)19-27(22-29)34(39)44-35(3,4)5/h8-9,11-14,19-22H,6-7,10,15-18,23H2,1-5H3. The van der Waals surface area contributed by atoms with Gasteiger partial charge in [-0.25, -0.2) is 9.18 Å². The van der Waals surface area contributed by atoms with Crippen molar-refractivity contribution in [2.45, 2.75) is 72.5 Å². The Morgan fingerprint density at radius 1 is 0.795 bits per heavy atom. The summed E-state index contributed by atoms with van der Waals surface area (Å²) in [6, 6.07) is 16.5. The Kier molecular flexibility index (Phi) is 12.7. The highest BCUT2D eigenvalue weighted by Crippen LogP contribution is 2.30. The van der Waals surface area contributed by atoms with Crippen LogP contribution in [0.15, 0.2) is 60.7 Å². The summed E-state index contributed by atoms with van der Waals surface area (Å²) in [5.74, 6) is -0.605. The molecule has 0 radical (unpaired) electrons. The van der Waals surface area contributed by atoms with Gasteiger partial charge in [0.05, 0.1) is 25.4 Å². The molecular weight excluding hydrogens is 567 g/mol. The summed E-state index contributed by atoms with van der Waals surface area (Å²) in [5, 5.41) is 0. The molecule has 3 rings (SSSR count). The Morgan fingerprint density at radius 2 is 1.50 bits per heavy atom. The van der Waals surface area contributed by atoms with Gasteiger partial charge in [-0.2, -0.15) is 0 Å². The molecule has 0 fully saturated rings. The van der Waals surface area contributed by atoms with Gasteiger partial charge in [-0.05, 0) is 101 Å². The second kappa shape index (κ2) is 16.4. The average molecular weight is 609 g/mol. The average Bonchev–Trinajstić information content (AvgIpc) is 2.97. The SMILES string of the molecule is CCOC(=O)CCCOc1cccc(COc2cc(C(=O)OC(C)(C)C)cc(-c3cccc(F)c3)c2)c1CCC(=O)OCC. The van der Waals surface area contributed by atoms with Crippen LogP contribution in [0.25, 0.3) is 11.1 Å². The molecule has 0 aromatic heterocycles. The van der Waals surface area contributed by atoms with E-state index in [0.29, 0.717) is 42.1 Å². The summed E-state index contributed by atoms with van der Waals surface area (Å²) < 4.78 is 42.0. The molecule has 0 aliphatic rings. The fourth-order valence-corrected chi connectivity index (χ4v) is 4.39. The third kappa shape index (κ3) is 11.0. The van der Waals surface area contributed by atoms with E-state index in [9.17, 15) is 18.8 Å². The van der Waals surface area contributed by atoms with Crippen LogP contribution in [-0.4, -0.2) is 43.3 Å². The van der Waals surface area contributed by atoms with Gasteiger partial charge in [0.1, 0.15) is 29.5 Å². The Balaban J connectivity index is 1.88. The van der Waals surface area contributed by atoms with Crippen LogP contribution in [-0.2, 0) is 36.8 Å². The molecule has 0 saturated carbocycles. The smallest absolute Gasteiger partial charge is 0.338 e. The second-order valence-corrected chi connectivity index (χ2v) is 11.0. The van der Waals surface area contributed by atoms with Gasteiger partial charge < -0.3 is 23.7 Å². The molecule has 0 saturated heterocycles. The van der Waals surface area contributed by atoms with E-state index in [1.165, 1.54) is 12.1 Å². The molecule has 0 N–H and O–H groups in total. The van der Waals surface area contributed by atoms with Gasteiger partial charge in [0.2, 0.25) is 0 Å². The minimum absolute atomic E-state index is 0.0958. The second-order valence-electron chi connectivity index (χ2n) is 11.0. The highest BCUT2D eigenvalue weighted by atomic mass is 19.1. The number of hydrogen-bond donors (Lipinski definition) is 0. The minimum Gasteiger partial charge on any atom is -0.493 e. The Bertz CT molecular complexity index is 1430. The van der Waals surface area contributed by atoms with E-state index in [0.717, 1.165) is 11.1 Å². The number of esters is 3. The summed E-state index contributed by atoms with van der Waals surface area (Å²) in [6.07, 6.45) is 1.19. The Hall–Kier alpha value is -4.40. The monoisotopic (exact) mass is 608 g/mol. The zero-order valence-electron chi connectivity index (χ0n) is 26.1. The van der Waals surface area contributed by atoms with Crippen LogP contribution in [0.1, 0.15) is 75.4 Å². The lowest BCUT2D eigenvalue weighted by atomic mass is 10.0. The van der Waals surface area contributed by atoms with E-state index in [4.69, 9.17) is 23.7 Å². The lowest BCUT2D eigenvalue weighted by Crippen LogP contribution is -2.23. The lowest BCUT2D eigenvalue weighted by molar-refractivity contribution is -0.144. The van der Waals surface area contributed by atoms with E-state index < -0.39 is 17.4 Å². The summed E-state index contributed by atoms with van der Waals surface area (Å²) in [4.78, 5) is 36.9. The first-order chi connectivity index (χ1) is 21.0. The molecule has 0 atom stereocenters. The Morgan fingerprint density at radius 3 is 2.18 bits per heavy atom. The highest BCUT2D eigenvalue weighted by Gasteiger charge is 2.20. The van der Waals surface area contributed by atoms with Crippen molar-refractivity contribution in [1.29, 1.82) is 0 Å². The number of ether oxygens (including phenoxy) is 5. The Labute approximate surface area is 258 Å². The van der Waals surface area contributed by atoms with E-state index >= 15 is 0 Å². The maximum Gasteiger partial charge on any atom is 0.338 e. The molecule has 3 aromatic rings. The van der Waals surface area contributed by atoms with Crippen molar-refractivity contribution in [1.82, 2.24) is 0 Å². The van der Waals surface area contributed by atoms with Gasteiger partial charge in [-0.1, -0.05) is 24.3 Å². The van der Waals surface area contributed by atoms with E-state index in [1.54, 1.807) is 71.0 Å². The van der Waals surface area contributed by atoms with Crippen molar-refractivity contribution < 1.29 is 42.5 Å². The molecule has 44 heavy (non-hydrogen) atoms. The predicted molar refractivity (Wildman–Crippen MR) is 164 cm³/mol. The van der Waals surface area contributed by atoms with Crippen molar-refractivity contribution in [2.24, 2.45) is 0 Å². The molecule has 0 spiro atoms. The van der Waals surface area contributed by atoms with Crippen molar-refractivity contribution in [3.05, 3.63) is 83.2 Å². The number of rotatable bonds is 15. The first-order valence-corrected chi connectivity index (χ1v) is 14.8. The summed E-state index contributed by atoms with van der Waals surface area (Å²) in [7, 11) is 0. The van der Waals surface area contributed by atoms with E-state index in [1.807, 2.05) is 12.1 Å². The minimum atomic E-state index is -0.711. The van der Waals surface area contributed by atoms with E-state index in [2.05, 4.69) is 0 Å². The van der Waals surface area contributed by atoms with Crippen molar-refractivity contribution in [2.75, 3.05) is 19.8 Å². The third-order valence-corrected chi connectivity index (χ3v) is 6.30. The van der Waals surface area contributed by atoms with Crippen molar-refractivity contribution in [3.8, 4) is 22.6 Å². The summed E-state index contributed by atoms with van der Waals surface area (Å²) in [5.41, 5.74) is 2.26. The maximum absolute atomic E-state index is 14.1. The van der Waals surface area contributed by atoms with Gasteiger partial charge in [0, 0.05) is 18.4 Å². The van der Waals surface area contributed by atoms with Crippen molar-refractivity contribution in [3.63, 3.8) is 0 Å². The highest BCUT2D eigenvalue weighted by molar-refractivity contribution is 5.92. The molecule has 9 heteroatoms. The molecular formula is C35H41FO8. The molecule has 236 valence electrons. The van der Waals surface area contributed by atoms with Crippen LogP contribution in [0.4, 0.5) is 4.39 Å². The molecule has 0 bridgehead atoms. The van der Waals surface area contributed by atoms with Crippen LogP contribution >= 0.6 is 0 Å². The third-order valence-electron chi connectivity index (χ3n) is 6.30. The molecule has 3 aromatic carbocycles. The number of carbonyl (C=O) groups is 3. The molecule has 0 aliphatic carbocycles. The zero-order chi connectivity index (χ0) is 32.1. The maximum atomic E-state index is 14.1. The molecule has 0 heterocycles. The molecule has 8 nitrogen and oxygen atoms in total. The number of carbonyl (C=O) groups excluding carboxylic acids is 3. The first kappa shape index (κ1) is 34.1. The zero-order valence-corrected chi connectivity index (χ0v) is 26.1. The number of hydrogen-bond acceptors (Lipinski definition) is 8. The molecule has 0 aliphatic heterocycles. The molecule has 0 amide bonds. The van der Waals surface area contributed by atoms with Crippen LogP contribution in [0.5, 0.6) is 11.5 Å². The number of halogens is 1. The summed E-state index contributed by atoms with van der Waals surface area (Å²) in [6.45, 7) is 9.83. The largest absolute Gasteiger partial charge is 0.493 e. The van der Waals surface area contributed by atoms with Crippen LogP contribution in [0.2, 0.25) is 0 Å². The van der Waals surface area contributed by atoms with Gasteiger partial charge in [0.25, 0.3) is 0 Å². The fourth-order valence-electron chi connectivity index (χ4n) is 4.39. The fraction of sp³-hybridized carbons (Fsp3) is 0.400.